The number of rotatable bonds is 4. The largest absolute Gasteiger partial charge is 0.481 e. The summed E-state index contributed by atoms with van der Waals surface area (Å²) in [6.45, 7) is 5.79. The van der Waals surface area contributed by atoms with E-state index in [1.165, 1.54) is 0 Å². The molecule has 1 N–H and O–H groups in total. The first-order valence-electron chi connectivity index (χ1n) is 6.85. The minimum atomic E-state index is -0.687. The number of aliphatic carboxylic acids is 1. The Hall–Kier alpha value is -1.65. The Morgan fingerprint density at radius 3 is 2.42 bits per heavy atom. The quantitative estimate of drug-likeness (QED) is 0.899. The van der Waals surface area contributed by atoms with Crippen LogP contribution in [0.1, 0.15) is 32.3 Å². The van der Waals surface area contributed by atoms with Crippen LogP contribution in [0.4, 0.5) is 5.95 Å². The number of piperidine rings is 1. The maximum absolute atomic E-state index is 10.9. The minimum absolute atomic E-state index is 0.212. The van der Waals surface area contributed by atoms with Crippen LogP contribution in [-0.2, 0) is 11.2 Å². The fourth-order valence-corrected chi connectivity index (χ4v) is 2.41. The van der Waals surface area contributed by atoms with Crippen molar-refractivity contribution in [2.24, 2.45) is 11.8 Å². The zero-order valence-corrected chi connectivity index (χ0v) is 11.5. The Kier molecular flexibility index (Phi) is 4.35. The van der Waals surface area contributed by atoms with Gasteiger partial charge in [0, 0.05) is 25.5 Å². The third-order valence-corrected chi connectivity index (χ3v) is 3.46. The topological polar surface area (TPSA) is 66.3 Å². The molecule has 0 unspecified atom stereocenters. The first-order chi connectivity index (χ1) is 9.06. The van der Waals surface area contributed by atoms with Crippen molar-refractivity contribution in [3.05, 3.63) is 18.0 Å². The first kappa shape index (κ1) is 13.8. The second-order valence-corrected chi connectivity index (χ2v) is 5.59. The van der Waals surface area contributed by atoms with Crippen molar-refractivity contribution in [1.82, 2.24) is 9.97 Å². The van der Waals surface area contributed by atoms with Crippen LogP contribution < -0.4 is 4.90 Å². The molecule has 2 heterocycles. The molecule has 0 aromatic carbocycles. The summed E-state index contributed by atoms with van der Waals surface area (Å²) in [4.78, 5) is 21.7. The van der Waals surface area contributed by atoms with Gasteiger partial charge in [0.05, 0.1) is 5.92 Å². The van der Waals surface area contributed by atoms with Gasteiger partial charge in [0.25, 0.3) is 0 Å². The second-order valence-electron chi connectivity index (χ2n) is 5.59. The fraction of sp³-hybridized carbons (Fsp3) is 0.643. The van der Waals surface area contributed by atoms with E-state index in [0.717, 1.165) is 31.0 Å². The Labute approximate surface area is 113 Å². The molecule has 1 fully saturated rings. The number of nitrogens with zero attached hydrogens (tertiary/aromatic N) is 3. The van der Waals surface area contributed by atoms with Crippen LogP contribution >= 0.6 is 0 Å². The van der Waals surface area contributed by atoms with Crippen molar-refractivity contribution in [2.75, 3.05) is 18.0 Å². The van der Waals surface area contributed by atoms with Crippen LogP contribution in [0.25, 0.3) is 0 Å². The van der Waals surface area contributed by atoms with Crippen LogP contribution in [-0.4, -0.2) is 34.1 Å². The molecule has 1 saturated heterocycles. The van der Waals surface area contributed by atoms with Gasteiger partial charge in [-0.1, -0.05) is 13.8 Å². The summed E-state index contributed by atoms with van der Waals surface area (Å²) < 4.78 is 0. The van der Waals surface area contributed by atoms with E-state index < -0.39 is 5.97 Å². The molecular formula is C14H21N3O2. The van der Waals surface area contributed by atoms with Gasteiger partial charge < -0.3 is 10.0 Å². The fourth-order valence-electron chi connectivity index (χ4n) is 2.41. The van der Waals surface area contributed by atoms with Crippen molar-refractivity contribution >= 4 is 11.9 Å². The summed E-state index contributed by atoms with van der Waals surface area (Å²) in [5.41, 5.74) is 1.15. The van der Waals surface area contributed by atoms with Gasteiger partial charge in [-0.2, -0.15) is 0 Å². The molecule has 2 rings (SSSR count). The molecule has 1 aliphatic rings. The molecule has 5 nitrogen and oxygen atoms in total. The summed E-state index contributed by atoms with van der Waals surface area (Å²) in [5, 5.41) is 8.97. The Morgan fingerprint density at radius 2 is 1.95 bits per heavy atom. The van der Waals surface area contributed by atoms with Crippen LogP contribution in [0, 0.1) is 11.8 Å². The highest BCUT2D eigenvalue weighted by Gasteiger charge is 2.25. The standard InChI is InChI=1S/C14H21N3O2/c1-10(2)7-11-8-15-14(16-9-11)17-5-3-12(4-6-17)13(18)19/h8-10,12H,3-7H2,1-2H3,(H,18,19). The smallest absolute Gasteiger partial charge is 0.306 e. The zero-order valence-electron chi connectivity index (χ0n) is 11.5. The lowest BCUT2D eigenvalue weighted by Gasteiger charge is -2.30. The number of hydrogen-bond donors (Lipinski definition) is 1. The van der Waals surface area contributed by atoms with E-state index in [0.29, 0.717) is 18.8 Å². The second kappa shape index (κ2) is 5.99. The minimum Gasteiger partial charge on any atom is -0.481 e. The normalized spacial score (nSPS) is 16.9. The van der Waals surface area contributed by atoms with E-state index in [-0.39, 0.29) is 5.92 Å². The lowest BCUT2D eigenvalue weighted by molar-refractivity contribution is -0.142. The van der Waals surface area contributed by atoms with E-state index in [1.54, 1.807) is 0 Å². The molecule has 0 atom stereocenters. The van der Waals surface area contributed by atoms with Gasteiger partial charge in [0.15, 0.2) is 0 Å². The van der Waals surface area contributed by atoms with Gasteiger partial charge in [0.2, 0.25) is 5.95 Å². The Morgan fingerprint density at radius 1 is 1.37 bits per heavy atom. The number of aromatic nitrogens is 2. The lowest BCUT2D eigenvalue weighted by atomic mass is 9.97. The van der Waals surface area contributed by atoms with E-state index in [9.17, 15) is 4.79 Å². The predicted molar refractivity (Wildman–Crippen MR) is 73.1 cm³/mol. The summed E-state index contributed by atoms with van der Waals surface area (Å²) in [7, 11) is 0. The van der Waals surface area contributed by atoms with Gasteiger partial charge in [-0.15, -0.1) is 0 Å². The maximum Gasteiger partial charge on any atom is 0.306 e. The van der Waals surface area contributed by atoms with Crippen LogP contribution in [0.2, 0.25) is 0 Å². The Bertz CT molecular complexity index is 423. The number of carbonyl (C=O) groups is 1. The molecule has 0 radical (unpaired) electrons. The maximum atomic E-state index is 10.9. The predicted octanol–water partition coefficient (Wildman–Crippen LogP) is 1.98. The molecule has 0 bridgehead atoms. The van der Waals surface area contributed by atoms with Gasteiger partial charge in [-0.05, 0) is 30.7 Å². The highest BCUT2D eigenvalue weighted by Crippen LogP contribution is 2.20. The molecule has 0 amide bonds. The van der Waals surface area contributed by atoms with Crippen molar-refractivity contribution < 1.29 is 9.90 Å². The van der Waals surface area contributed by atoms with E-state index in [1.807, 2.05) is 12.4 Å². The molecule has 1 aromatic heterocycles. The number of carboxylic acids is 1. The SMILES string of the molecule is CC(C)Cc1cnc(N2CCC(C(=O)O)CC2)nc1. The van der Waals surface area contributed by atoms with Crippen molar-refractivity contribution in [2.45, 2.75) is 33.1 Å². The van der Waals surface area contributed by atoms with E-state index in [4.69, 9.17) is 5.11 Å². The summed E-state index contributed by atoms with van der Waals surface area (Å²) in [6, 6.07) is 0. The Balaban J connectivity index is 1.94. The number of anilines is 1. The van der Waals surface area contributed by atoms with E-state index in [2.05, 4.69) is 28.7 Å². The molecule has 0 aliphatic carbocycles. The summed E-state index contributed by atoms with van der Waals surface area (Å²) in [6.07, 6.45) is 6.09. The molecule has 0 spiro atoms. The van der Waals surface area contributed by atoms with Crippen molar-refractivity contribution in [1.29, 1.82) is 0 Å². The van der Waals surface area contributed by atoms with Gasteiger partial charge in [0.1, 0.15) is 0 Å². The highest BCUT2D eigenvalue weighted by molar-refractivity contribution is 5.70. The zero-order chi connectivity index (χ0) is 13.8. The van der Waals surface area contributed by atoms with Crippen LogP contribution in [0.5, 0.6) is 0 Å². The van der Waals surface area contributed by atoms with Gasteiger partial charge in [-0.3, -0.25) is 4.79 Å². The molecule has 5 heteroatoms. The average molecular weight is 263 g/mol. The molecule has 0 saturated carbocycles. The molecule has 104 valence electrons. The van der Waals surface area contributed by atoms with Crippen molar-refractivity contribution in [3.8, 4) is 0 Å². The summed E-state index contributed by atoms with van der Waals surface area (Å²) >= 11 is 0. The first-order valence-corrected chi connectivity index (χ1v) is 6.85. The van der Waals surface area contributed by atoms with Crippen molar-refractivity contribution in [3.63, 3.8) is 0 Å². The van der Waals surface area contributed by atoms with Gasteiger partial charge >= 0.3 is 5.97 Å². The monoisotopic (exact) mass is 263 g/mol. The highest BCUT2D eigenvalue weighted by atomic mass is 16.4. The molecule has 19 heavy (non-hydrogen) atoms. The molecule has 1 aromatic rings. The third kappa shape index (κ3) is 3.66. The third-order valence-electron chi connectivity index (χ3n) is 3.46. The number of hydrogen-bond acceptors (Lipinski definition) is 4. The molecular weight excluding hydrogens is 242 g/mol. The summed E-state index contributed by atoms with van der Waals surface area (Å²) in [5.74, 6) is 0.418. The van der Waals surface area contributed by atoms with Crippen LogP contribution in [0.3, 0.4) is 0 Å². The van der Waals surface area contributed by atoms with Gasteiger partial charge in [-0.25, -0.2) is 9.97 Å². The lowest BCUT2D eigenvalue weighted by Crippen LogP contribution is -2.37. The van der Waals surface area contributed by atoms with Crippen LogP contribution in [0.15, 0.2) is 12.4 Å². The number of carboxylic acid groups (broad SMARTS) is 1. The molecule has 1 aliphatic heterocycles. The van der Waals surface area contributed by atoms with E-state index >= 15 is 0 Å². The average Bonchev–Trinajstić information content (AvgIpc) is 2.39.